The Morgan fingerprint density at radius 2 is 1.71 bits per heavy atom. The van der Waals surface area contributed by atoms with Crippen LogP contribution in [0.25, 0.3) is 0 Å². The van der Waals surface area contributed by atoms with Crippen LogP contribution in [0.5, 0.6) is 5.75 Å². The van der Waals surface area contributed by atoms with Crippen LogP contribution in [0.1, 0.15) is 19.3 Å². The van der Waals surface area contributed by atoms with E-state index >= 15 is 0 Å². The van der Waals surface area contributed by atoms with E-state index in [1.54, 1.807) is 30.3 Å². The van der Waals surface area contributed by atoms with Gasteiger partial charge in [0.05, 0.1) is 9.92 Å². The lowest BCUT2D eigenvalue weighted by molar-refractivity contribution is -0.118. The molecule has 1 heterocycles. The van der Waals surface area contributed by atoms with Crippen molar-refractivity contribution in [1.29, 1.82) is 0 Å². The highest BCUT2D eigenvalue weighted by molar-refractivity contribution is 7.89. The Labute approximate surface area is 174 Å². The molecule has 150 valence electrons. The highest BCUT2D eigenvalue weighted by Gasteiger charge is 2.25. The number of hydrogen-bond donors (Lipinski definition) is 1. The summed E-state index contributed by atoms with van der Waals surface area (Å²) in [6.45, 7) is 0.836. The summed E-state index contributed by atoms with van der Waals surface area (Å²) in [5.74, 6) is -0.0880. The smallest absolute Gasteiger partial charge is 0.262 e. The van der Waals surface area contributed by atoms with Gasteiger partial charge < -0.3 is 10.1 Å². The van der Waals surface area contributed by atoms with Crippen molar-refractivity contribution < 1.29 is 17.9 Å². The number of amides is 1. The Hall–Kier alpha value is -1.80. The van der Waals surface area contributed by atoms with Crippen LogP contribution in [-0.4, -0.2) is 38.3 Å². The normalized spacial score (nSPS) is 15.2. The summed E-state index contributed by atoms with van der Waals surface area (Å²) in [5, 5.41) is 3.23. The highest BCUT2D eigenvalue weighted by Crippen LogP contribution is 2.31. The number of piperidine rings is 1. The number of ether oxygens (including phenoxy) is 1. The zero-order chi connectivity index (χ0) is 20.1. The molecule has 28 heavy (non-hydrogen) atoms. The van der Waals surface area contributed by atoms with E-state index in [4.69, 9.17) is 27.9 Å². The number of rotatable bonds is 6. The largest absolute Gasteiger partial charge is 0.482 e. The minimum Gasteiger partial charge on any atom is -0.482 e. The summed E-state index contributed by atoms with van der Waals surface area (Å²) in [7, 11) is -3.49. The molecule has 0 bridgehead atoms. The number of hydrogen-bond acceptors (Lipinski definition) is 4. The molecule has 2 aromatic rings. The van der Waals surface area contributed by atoms with Crippen molar-refractivity contribution in [3.05, 3.63) is 52.5 Å². The molecule has 1 fully saturated rings. The van der Waals surface area contributed by atoms with Crippen molar-refractivity contribution in [2.75, 3.05) is 25.0 Å². The molecule has 1 aliphatic heterocycles. The van der Waals surface area contributed by atoms with Crippen LogP contribution in [0.15, 0.2) is 47.4 Å². The fourth-order valence-corrected chi connectivity index (χ4v) is 4.76. The van der Waals surface area contributed by atoms with Crippen molar-refractivity contribution >= 4 is 44.8 Å². The van der Waals surface area contributed by atoms with E-state index in [0.29, 0.717) is 29.5 Å². The summed E-state index contributed by atoms with van der Waals surface area (Å²) >= 11 is 11.9. The minimum absolute atomic E-state index is 0.217. The van der Waals surface area contributed by atoms with Gasteiger partial charge in [0.25, 0.3) is 5.91 Å². The molecular formula is C19H20Cl2N2O4S. The van der Waals surface area contributed by atoms with Crippen LogP contribution in [0, 0.1) is 0 Å². The average Bonchev–Trinajstić information content (AvgIpc) is 2.70. The summed E-state index contributed by atoms with van der Waals surface area (Å²) in [5.41, 5.74) is 0.475. The molecule has 0 atom stereocenters. The van der Waals surface area contributed by atoms with Gasteiger partial charge in [0.1, 0.15) is 10.8 Å². The molecule has 1 saturated heterocycles. The van der Waals surface area contributed by atoms with Gasteiger partial charge in [0, 0.05) is 18.8 Å². The first-order valence-corrected chi connectivity index (χ1v) is 11.0. The molecule has 1 aliphatic rings. The number of nitrogens with one attached hydrogen (secondary N) is 1. The van der Waals surface area contributed by atoms with E-state index in [1.165, 1.54) is 16.4 Å². The van der Waals surface area contributed by atoms with Gasteiger partial charge in [0.2, 0.25) is 10.0 Å². The number of carbonyl (C=O) groups is 1. The molecule has 9 heteroatoms. The van der Waals surface area contributed by atoms with Crippen LogP contribution in [0.3, 0.4) is 0 Å². The maximum atomic E-state index is 12.6. The van der Waals surface area contributed by atoms with Crippen molar-refractivity contribution in [3.63, 3.8) is 0 Å². The minimum atomic E-state index is -3.49. The van der Waals surface area contributed by atoms with E-state index < -0.39 is 15.9 Å². The highest BCUT2D eigenvalue weighted by atomic mass is 35.5. The Morgan fingerprint density at radius 1 is 1.04 bits per heavy atom. The quantitative estimate of drug-likeness (QED) is 0.727. The number of halogens is 2. The van der Waals surface area contributed by atoms with Gasteiger partial charge in [0.15, 0.2) is 6.61 Å². The fourth-order valence-electron chi connectivity index (χ4n) is 2.90. The van der Waals surface area contributed by atoms with E-state index in [1.807, 2.05) is 0 Å². The molecule has 3 rings (SSSR count). The van der Waals surface area contributed by atoms with Crippen LogP contribution in [0.4, 0.5) is 5.69 Å². The van der Waals surface area contributed by atoms with E-state index in [-0.39, 0.29) is 16.5 Å². The Bertz CT molecular complexity index is 943. The number of benzene rings is 2. The van der Waals surface area contributed by atoms with Crippen molar-refractivity contribution in [1.82, 2.24) is 4.31 Å². The summed E-state index contributed by atoms with van der Waals surface area (Å²) < 4.78 is 32.2. The third kappa shape index (κ3) is 4.97. The number of nitrogens with zero attached hydrogens (tertiary/aromatic N) is 1. The SMILES string of the molecule is O=C(COc1cccc(Cl)c1Cl)Nc1ccc(S(=O)(=O)N2CCCCC2)cc1. The zero-order valence-electron chi connectivity index (χ0n) is 15.0. The van der Waals surface area contributed by atoms with Crippen molar-refractivity contribution in [2.24, 2.45) is 0 Å². The second-order valence-corrected chi connectivity index (χ2v) is 9.10. The van der Waals surface area contributed by atoms with Gasteiger partial charge in [-0.05, 0) is 49.2 Å². The predicted octanol–water partition coefficient (Wildman–Crippen LogP) is 4.19. The van der Waals surface area contributed by atoms with Gasteiger partial charge in [-0.25, -0.2) is 8.42 Å². The lowest BCUT2D eigenvalue weighted by Crippen LogP contribution is -2.35. The second-order valence-electron chi connectivity index (χ2n) is 6.38. The van der Waals surface area contributed by atoms with Gasteiger partial charge in [-0.3, -0.25) is 4.79 Å². The first-order valence-electron chi connectivity index (χ1n) is 8.85. The molecule has 0 saturated carbocycles. The Kier molecular flexibility index (Phi) is 6.82. The topological polar surface area (TPSA) is 75.7 Å². The Balaban J connectivity index is 1.59. The van der Waals surface area contributed by atoms with Gasteiger partial charge in [-0.15, -0.1) is 0 Å². The molecule has 2 aromatic carbocycles. The molecule has 0 radical (unpaired) electrons. The molecule has 0 unspecified atom stereocenters. The van der Waals surface area contributed by atoms with Gasteiger partial charge >= 0.3 is 0 Å². The van der Waals surface area contributed by atoms with Crippen molar-refractivity contribution in [3.8, 4) is 5.75 Å². The third-order valence-corrected chi connectivity index (χ3v) is 7.08. The number of sulfonamides is 1. The summed E-state index contributed by atoms with van der Waals surface area (Å²) in [4.78, 5) is 12.3. The lowest BCUT2D eigenvalue weighted by Gasteiger charge is -2.25. The lowest BCUT2D eigenvalue weighted by atomic mass is 10.2. The van der Waals surface area contributed by atoms with Crippen LogP contribution in [0.2, 0.25) is 10.0 Å². The molecule has 0 aromatic heterocycles. The monoisotopic (exact) mass is 442 g/mol. The molecule has 0 aliphatic carbocycles. The van der Waals surface area contributed by atoms with Crippen LogP contribution >= 0.6 is 23.2 Å². The molecule has 0 spiro atoms. The molecular weight excluding hydrogens is 423 g/mol. The second kappa shape index (κ2) is 9.13. The summed E-state index contributed by atoms with van der Waals surface area (Å²) in [6, 6.07) is 11.0. The Morgan fingerprint density at radius 3 is 2.39 bits per heavy atom. The first-order chi connectivity index (χ1) is 13.4. The molecule has 1 amide bonds. The predicted molar refractivity (Wildman–Crippen MR) is 110 cm³/mol. The van der Waals surface area contributed by atoms with Crippen molar-refractivity contribution in [2.45, 2.75) is 24.2 Å². The van der Waals surface area contributed by atoms with Gasteiger partial charge in [-0.2, -0.15) is 4.31 Å². The standard InChI is InChI=1S/C19H20Cl2N2O4S/c20-16-5-4-6-17(19(16)21)27-13-18(24)22-14-7-9-15(10-8-14)28(25,26)23-11-2-1-3-12-23/h4-10H,1-3,11-13H2,(H,22,24). The maximum Gasteiger partial charge on any atom is 0.262 e. The average molecular weight is 443 g/mol. The molecule has 1 N–H and O–H groups in total. The van der Waals surface area contributed by atoms with E-state index in [0.717, 1.165) is 19.3 Å². The van der Waals surface area contributed by atoms with E-state index in [2.05, 4.69) is 5.32 Å². The van der Waals surface area contributed by atoms with Crippen LogP contribution in [-0.2, 0) is 14.8 Å². The summed E-state index contributed by atoms with van der Waals surface area (Å²) in [6.07, 6.45) is 2.81. The first kappa shape index (κ1) is 20.9. The number of anilines is 1. The van der Waals surface area contributed by atoms with Crippen LogP contribution < -0.4 is 10.1 Å². The maximum absolute atomic E-state index is 12.6. The molecule has 6 nitrogen and oxygen atoms in total. The number of carbonyl (C=O) groups excluding carboxylic acids is 1. The van der Waals surface area contributed by atoms with Gasteiger partial charge in [-0.1, -0.05) is 35.7 Å². The third-order valence-electron chi connectivity index (χ3n) is 4.37. The fraction of sp³-hybridized carbons (Fsp3) is 0.316. The van der Waals surface area contributed by atoms with E-state index in [9.17, 15) is 13.2 Å². The zero-order valence-corrected chi connectivity index (χ0v) is 17.4.